The Bertz CT molecular complexity index is 1230. The number of piperidine rings is 1. The van der Waals surface area contributed by atoms with Crippen LogP contribution in [-0.4, -0.2) is 47.1 Å². The number of ketones is 1. The van der Waals surface area contributed by atoms with Gasteiger partial charge >= 0.3 is 0 Å². The van der Waals surface area contributed by atoms with Gasteiger partial charge in [0.1, 0.15) is 17.2 Å². The molecule has 2 aliphatic heterocycles. The lowest BCUT2D eigenvalue weighted by Crippen LogP contribution is -2.31. The summed E-state index contributed by atoms with van der Waals surface area (Å²) >= 11 is 0. The van der Waals surface area contributed by atoms with Crippen molar-refractivity contribution >= 4 is 22.8 Å². The number of hydrogen-bond acceptors (Lipinski definition) is 5. The fraction of sp³-hybridized carbons (Fsp3) is 0.370. The summed E-state index contributed by atoms with van der Waals surface area (Å²) in [4.78, 5) is 15.5. The number of nitrogens with zero attached hydrogens (tertiary/aromatic N) is 2. The minimum Gasteiger partial charge on any atom is -0.508 e. The van der Waals surface area contributed by atoms with Crippen LogP contribution in [-0.2, 0) is 6.54 Å². The van der Waals surface area contributed by atoms with Crippen LogP contribution < -0.4 is 9.47 Å². The predicted molar refractivity (Wildman–Crippen MR) is 129 cm³/mol. The van der Waals surface area contributed by atoms with E-state index in [1.807, 2.05) is 18.2 Å². The number of carbonyl (C=O) groups is 1. The average Bonchev–Trinajstić information content (AvgIpc) is 3.27. The Balaban J connectivity index is 1.48. The Morgan fingerprint density at radius 1 is 1.09 bits per heavy atom. The van der Waals surface area contributed by atoms with E-state index in [1.54, 1.807) is 13.2 Å². The van der Waals surface area contributed by atoms with Crippen LogP contribution in [0.15, 0.2) is 42.2 Å². The van der Waals surface area contributed by atoms with Crippen molar-refractivity contribution in [3.05, 3.63) is 59.0 Å². The van der Waals surface area contributed by atoms with Gasteiger partial charge < -0.3 is 24.0 Å². The van der Waals surface area contributed by atoms with Crippen molar-refractivity contribution in [2.75, 3.05) is 26.7 Å². The summed E-state index contributed by atoms with van der Waals surface area (Å²) < 4.78 is 13.7. The second-order valence-electron chi connectivity index (χ2n) is 8.91. The number of methoxy groups -OCH3 is 1. The summed E-state index contributed by atoms with van der Waals surface area (Å²) in [7, 11) is 1.66. The minimum absolute atomic E-state index is 0.0778. The molecule has 1 saturated heterocycles. The van der Waals surface area contributed by atoms with E-state index < -0.39 is 0 Å². The van der Waals surface area contributed by atoms with Gasteiger partial charge in [-0.3, -0.25) is 4.79 Å². The number of phenolic OH excluding ortho intramolecular Hbond substituents is 1. The minimum atomic E-state index is -0.168. The van der Waals surface area contributed by atoms with Crippen LogP contribution in [0, 0.1) is 6.92 Å². The predicted octanol–water partition coefficient (Wildman–Crippen LogP) is 5.16. The lowest BCUT2D eigenvalue weighted by atomic mass is 10.1. The Hall–Kier alpha value is -3.25. The van der Waals surface area contributed by atoms with Gasteiger partial charge in [0.25, 0.3) is 0 Å². The number of hydrogen-bond donors (Lipinski definition) is 1. The molecule has 3 aromatic rings. The molecule has 33 heavy (non-hydrogen) atoms. The molecule has 1 fully saturated rings. The molecule has 6 nitrogen and oxygen atoms in total. The quantitative estimate of drug-likeness (QED) is 0.530. The van der Waals surface area contributed by atoms with E-state index in [0.29, 0.717) is 11.3 Å². The van der Waals surface area contributed by atoms with Gasteiger partial charge in [-0.1, -0.05) is 6.42 Å². The zero-order valence-electron chi connectivity index (χ0n) is 19.3. The van der Waals surface area contributed by atoms with Crippen molar-refractivity contribution in [2.45, 2.75) is 39.2 Å². The SMILES string of the molecule is COc1ccc2c(c1)c(/C=C1\Oc3cc(O)ccc3C1=O)c(C)n2CCCN1CCCCC1. The molecule has 5 rings (SSSR count). The molecule has 0 atom stereocenters. The Labute approximate surface area is 194 Å². The van der Waals surface area contributed by atoms with E-state index in [1.165, 1.54) is 44.5 Å². The summed E-state index contributed by atoms with van der Waals surface area (Å²) in [5.74, 6) is 1.35. The van der Waals surface area contributed by atoms with Crippen LogP contribution >= 0.6 is 0 Å². The third-order valence-corrected chi connectivity index (χ3v) is 6.81. The van der Waals surface area contributed by atoms with Gasteiger partial charge in [-0.25, -0.2) is 0 Å². The Kier molecular flexibility index (Phi) is 5.85. The third-order valence-electron chi connectivity index (χ3n) is 6.81. The molecule has 2 aliphatic rings. The fourth-order valence-electron chi connectivity index (χ4n) is 5.03. The molecule has 1 N–H and O–H groups in total. The number of benzene rings is 2. The fourth-order valence-corrected chi connectivity index (χ4v) is 5.03. The first-order valence-corrected chi connectivity index (χ1v) is 11.7. The summed E-state index contributed by atoms with van der Waals surface area (Å²) in [5, 5.41) is 10.8. The summed E-state index contributed by atoms with van der Waals surface area (Å²) in [6.45, 7) is 6.52. The zero-order valence-corrected chi connectivity index (χ0v) is 19.3. The molecular formula is C27H30N2O4. The van der Waals surface area contributed by atoms with Gasteiger partial charge in [-0.05, 0) is 82.2 Å². The highest BCUT2D eigenvalue weighted by molar-refractivity contribution is 6.15. The maximum absolute atomic E-state index is 12.9. The highest BCUT2D eigenvalue weighted by atomic mass is 16.5. The van der Waals surface area contributed by atoms with Crippen LogP contribution in [0.25, 0.3) is 17.0 Å². The molecule has 0 unspecified atom stereocenters. The number of rotatable bonds is 6. The van der Waals surface area contributed by atoms with Gasteiger partial charge in [-0.15, -0.1) is 0 Å². The maximum Gasteiger partial charge on any atom is 0.231 e. The second kappa shape index (κ2) is 8.94. The number of aromatic hydroxyl groups is 1. The molecule has 172 valence electrons. The molecule has 0 spiro atoms. The molecule has 1 aromatic heterocycles. The molecule has 0 bridgehead atoms. The number of aryl methyl sites for hydroxylation is 1. The van der Waals surface area contributed by atoms with Crippen LogP contribution in [0.2, 0.25) is 0 Å². The third kappa shape index (κ3) is 4.11. The first-order valence-electron chi connectivity index (χ1n) is 11.7. The van der Waals surface area contributed by atoms with Crippen LogP contribution in [0.4, 0.5) is 0 Å². The Morgan fingerprint density at radius 3 is 2.70 bits per heavy atom. The monoisotopic (exact) mass is 446 g/mol. The first-order chi connectivity index (χ1) is 16.0. The number of ether oxygens (including phenoxy) is 2. The number of likely N-dealkylation sites (tertiary alicyclic amines) is 1. The molecule has 2 aromatic carbocycles. The van der Waals surface area contributed by atoms with Crippen molar-refractivity contribution < 1.29 is 19.4 Å². The smallest absolute Gasteiger partial charge is 0.231 e. The van der Waals surface area contributed by atoms with Crippen molar-refractivity contribution in [1.82, 2.24) is 9.47 Å². The van der Waals surface area contributed by atoms with Gasteiger partial charge in [0.2, 0.25) is 5.78 Å². The lowest BCUT2D eigenvalue weighted by molar-refractivity contribution is 0.101. The molecule has 0 aliphatic carbocycles. The Morgan fingerprint density at radius 2 is 1.91 bits per heavy atom. The number of aromatic nitrogens is 1. The van der Waals surface area contributed by atoms with Crippen molar-refractivity contribution in [1.29, 1.82) is 0 Å². The van der Waals surface area contributed by atoms with Crippen LogP contribution in [0.1, 0.15) is 47.3 Å². The second-order valence-corrected chi connectivity index (χ2v) is 8.91. The van der Waals surface area contributed by atoms with Gasteiger partial charge in [-0.2, -0.15) is 0 Å². The number of allylic oxidation sites excluding steroid dienone is 1. The number of fused-ring (bicyclic) bond motifs is 2. The number of carbonyl (C=O) groups excluding carboxylic acids is 1. The topological polar surface area (TPSA) is 63.9 Å². The van der Waals surface area contributed by atoms with Crippen LogP contribution in [0.5, 0.6) is 17.2 Å². The van der Waals surface area contributed by atoms with Gasteiger partial charge in [0, 0.05) is 34.8 Å². The van der Waals surface area contributed by atoms with Crippen molar-refractivity contribution in [2.24, 2.45) is 0 Å². The van der Waals surface area contributed by atoms with Crippen molar-refractivity contribution in [3.63, 3.8) is 0 Å². The normalized spacial score (nSPS) is 17.5. The highest BCUT2D eigenvalue weighted by Gasteiger charge is 2.28. The maximum atomic E-state index is 12.9. The molecule has 0 amide bonds. The molecular weight excluding hydrogens is 416 g/mol. The van der Waals surface area contributed by atoms with E-state index in [4.69, 9.17) is 9.47 Å². The van der Waals surface area contributed by atoms with Gasteiger partial charge in [0.15, 0.2) is 5.76 Å². The molecule has 3 heterocycles. The largest absolute Gasteiger partial charge is 0.508 e. The summed E-state index contributed by atoms with van der Waals surface area (Å²) in [5.41, 5.74) is 3.65. The summed E-state index contributed by atoms with van der Waals surface area (Å²) in [6.07, 6.45) is 6.86. The zero-order chi connectivity index (χ0) is 22.9. The van der Waals surface area contributed by atoms with E-state index in [-0.39, 0.29) is 17.3 Å². The van der Waals surface area contributed by atoms with E-state index >= 15 is 0 Å². The standard InChI is InChI=1S/C27H30N2O4/c1-18-22(17-26-27(31)21-9-7-19(30)15-25(21)33-26)23-16-20(32-2)8-10-24(23)29(18)14-6-13-28-11-4-3-5-12-28/h7-10,15-17,30H,3-6,11-14H2,1-2H3/b26-17-. The lowest BCUT2D eigenvalue weighted by Gasteiger charge is -2.26. The van der Waals surface area contributed by atoms with E-state index in [0.717, 1.165) is 47.4 Å². The highest BCUT2D eigenvalue weighted by Crippen LogP contribution is 2.37. The number of phenols is 1. The van der Waals surface area contributed by atoms with Crippen LogP contribution in [0.3, 0.4) is 0 Å². The summed E-state index contributed by atoms with van der Waals surface area (Å²) in [6, 6.07) is 10.7. The number of Topliss-reactive ketones (excluding diaryl/α,β-unsaturated/α-hetero) is 1. The van der Waals surface area contributed by atoms with E-state index in [2.05, 4.69) is 22.5 Å². The molecule has 0 saturated carbocycles. The first kappa shape index (κ1) is 21.6. The van der Waals surface area contributed by atoms with Crippen molar-refractivity contribution in [3.8, 4) is 17.2 Å². The molecule has 0 radical (unpaired) electrons. The van der Waals surface area contributed by atoms with E-state index in [9.17, 15) is 9.90 Å². The molecule has 6 heteroatoms. The van der Waals surface area contributed by atoms with Gasteiger partial charge in [0.05, 0.1) is 12.7 Å². The average molecular weight is 447 g/mol.